The van der Waals surface area contributed by atoms with Gasteiger partial charge in [0.1, 0.15) is 0 Å². The molecule has 0 aromatic carbocycles. The molecular weight excluding hydrogens is 394 g/mol. The molecule has 1 saturated carbocycles. The van der Waals surface area contributed by atoms with Gasteiger partial charge in [0.25, 0.3) is 0 Å². The molecule has 4 aliphatic heterocycles. The Morgan fingerprint density at radius 1 is 0.844 bits per heavy atom. The van der Waals surface area contributed by atoms with E-state index >= 15 is 0 Å². The van der Waals surface area contributed by atoms with E-state index in [-0.39, 0.29) is 0 Å². The van der Waals surface area contributed by atoms with Crippen LogP contribution in [0, 0.1) is 23.7 Å². The van der Waals surface area contributed by atoms with Crippen LogP contribution in [0.5, 0.6) is 0 Å². The van der Waals surface area contributed by atoms with Crippen molar-refractivity contribution in [2.75, 3.05) is 13.1 Å². The van der Waals surface area contributed by atoms with Gasteiger partial charge in [-0.2, -0.15) is 0 Å². The van der Waals surface area contributed by atoms with Gasteiger partial charge in [0.2, 0.25) is 6.41 Å². The quantitative estimate of drug-likeness (QED) is 0.592. The molecule has 0 aromatic heterocycles. The number of hydrogen-bond acceptors (Lipinski definition) is 3. The Morgan fingerprint density at radius 2 is 1.72 bits per heavy atom. The number of nitrogens with one attached hydrogen (secondary N) is 1. The van der Waals surface area contributed by atoms with E-state index in [2.05, 4.69) is 29.0 Å². The van der Waals surface area contributed by atoms with Crippen LogP contribution >= 0.6 is 0 Å². The summed E-state index contributed by atoms with van der Waals surface area (Å²) < 4.78 is 0. The van der Waals surface area contributed by atoms with E-state index in [9.17, 15) is 4.79 Å². The predicted molar refractivity (Wildman–Crippen MR) is 131 cm³/mol. The minimum Gasteiger partial charge on any atom is -0.342 e. The Labute approximate surface area is 197 Å². The summed E-state index contributed by atoms with van der Waals surface area (Å²) in [4.78, 5) is 17.1. The fraction of sp³-hybridized carbons (Fsp3) is 0.964. The van der Waals surface area contributed by atoms with Crippen molar-refractivity contribution in [2.45, 2.75) is 134 Å². The van der Waals surface area contributed by atoms with Crippen LogP contribution in [-0.2, 0) is 4.79 Å². The van der Waals surface area contributed by atoms with E-state index in [1.54, 1.807) is 0 Å². The second-order valence-electron chi connectivity index (χ2n) is 12.6. The Balaban J connectivity index is 1.31. The normalized spacial score (nSPS) is 45.7. The highest BCUT2D eigenvalue weighted by molar-refractivity contribution is 5.48. The van der Waals surface area contributed by atoms with Crippen LogP contribution in [0.4, 0.5) is 0 Å². The molecule has 4 heterocycles. The van der Waals surface area contributed by atoms with Crippen molar-refractivity contribution >= 4 is 6.41 Å². The molecule has 9 unspecified atom stereocenters. The minimum absolute atomic E-state index is 0.526. The zero-order valence-electron chi connectivity index (χ0n) is 20.9. The molecule has 32 heavy (non-hydrogen) atoms. The topological polar surface area (TPSA) is 35.6 Å². The van der Waals surface area contributed by atoms with Gasteiger partial charge in [-0.1, -0.05) is 26.7 Å². The molecule has 4 heteroatoms. The SMILES string of the molecule is CC1CC(CC2CCCC3CC(C)CC(CC4CCCCN4)N32)C2CCCN(C=O)C2C1. The summed E-state index contributed by atoms with van der Waals surface area (Å²) in [5.74, 6) is 3.24. The number of amides is 1. The lowest BCUT2D eigenvalue weighted by molar-refractivity contribution is -0.126. The van der Waals surface area contributed by atoms with E-state index in [4.69, 9.17) is 0 Å². The molecule has 4 nitrogen and oxygen atoms in total. The molecule has 4 saturated heterocycles. The summed E-state index contributed by atoms with van der Waals surface area (Å²) in [7, 11) is 0. The maximum atomic E-state index is 11.8. The van der Waals surface area contributed by atoms with Crippen LogP contribution in [0.1, 0.15) is 104 Å². The zero-order chi connectivity index (χ0) is 22.1. The number of likely N-dealkylation sites (tertiary alicyclic amines) is 1. The summed E-state index contributed by atoms with van der Waals surface area (Å²) in [5.41, 5.74) is 0. The number of piperidine rings is 4. The Morgan fingerprint density at radius 3 is 2.53 bits per heavy atom. The number of hydrogen-bond donors (Lipinski definition) is 1. The third-order valence-corrected chi connectivity index (χ3v) is 10.2. The van der Waals surface area contributed by atoms with Gasteiger partial charge >= 0.3 is 0 Å². The average Bonchev–Trinajstić information content (AvgIpc) is 2.79. The first-order valence-electron chi connectivity index (χ1n) is 14.3. The molecule has 5 aliphatic rings. The number of rotatable bonds is 5. The van der Waals surface area contributed by atoms with Gasteiger partial charge in [0, 0.05) is 36.8 Å². The van der Waals surface area contributed by atoms with Gasteiger partial charge in [-0.25, -0.2) is 0 Å². The first kappa shape index (κ1) is 23.1. The van der Waals surface area contributed by atoms with Crippen LogP contribution in [0.2, 0.25) is 0 Å². The summed E-state index contributed by atoms with van der Waals surface area (Å²) in [6.07, 6.45) is 20.5. The third kappa shape index (κ3) is 4.92. The maximum Gasteiger partial charge on any atom is 0.209 e. The highest BCUT2D eigenvalue weighted by Gasteiger charge is 2.45. The molecule has 0 aromatic rings. The Bertz CT molecular complexity index is 620. The number of carbonyl (C=O) groups is 1. The fourth-order valence-corrected chi connectivity index (χ4v) is 9.00. The molecular formula is C28H49N3O. The smallest absolute Gasteiger partial charge is 0.209 e. The average molecular weight is 444 g/mol. The van der Waals surface area contributed by atoms with Crippen LogP contribution in [0.25, 0.3) is 0 Å². The molecule has 1 N–H and O–H groups in total. The number of carbonyl (C=O) groups excluding carboxylic acids is 1. The summed E-state index contributed by atoms with van der Waals surface area (Å²) in [5, 5.41) is 3.86. The molecule has 5 fully saturated rings. The summed E-state index contributed by atoms with van der Waals surface area (Å²) in [6.45, 7) is 7.20. The van der Waals surface area contributed by atoms with Gasteiger partial charge in [-0.05, 0) is 107 Å². The van der Waals surface area contributed by atoms with Gasteiger partial charge in [0.15, 0.2) is 0 Å². The van der Waals surface area contributed by atoms with E-state index in [0.717, 1.165) is 54.4 Å². The molecule has 9 atom stereocenters. The molecule has 0 radical (unpaired) electrons. The number of nitrogens with zero attached hydrogens (tertiary/aromatic N) is 2. The molecule has 5 rings (SSSR count). The Kier molecular flexibility index (Phi) is 7.48. The molecule has 0 spiro atoms. The maximum absolute atomic E-state index is 11.8. The second-order valence-corrected chi connectivity index (χ2v) is 12.6. The highest BCUT2D eigenvalue weighted by Crippen LogP contribution is 2.46. The van der Waals surface area contributed by atoms with Crippen molar-refractivity contribution in [1.29, 1.82) is 0 Å². The van der Waals surface area contributed by atoms with Gasteiger partial charge < -0.3 is 10.2 Å². The third-order valence-electron chi connectivity index (χ3n) is 10.2. The standard InChI is InChI=1S/C28H49N3O/c1-20-13-22(27-10-6-12-30(19-32)28(27)16-20)17-25-9-5-8-24-14-21(2)15-26(31(24)25)18-23-7-3-4-11-29-23/h19-29H,3-18H2,1-2H3. The predicted octanol–water partition coefficient (Wildman–Crippen LogP) is 5.21. The lowest BCUT2D eigenvalue weighted by Gasteiger charge is -2.55. The molecule has 1 aliphatic carbocycles. The summed E-state index contributed by atoms with van der Waals surface area (Å²) in [6, 6.07) is 3.69. The molecule has 182 valence electrons. The van der Waals surface area contributed by atoms with Crippen molar-refractivity contribution in [2.24, 2.45) is 23.7 Å². The van der Waals surface area contributed by atoms with Crippen molar-refractivity contribution in [3.63, 3.8) is 0 Å². The van der Waals surface area contributed by atoms with Crippen molar-refractivity contribution in [3.05, 3.63) is 0 Å². The lowest BCUT2D eigenvalue weighted by atomic mass is 9.65. The first-order chi connectivity index (χ1) is 15.6. The second kappa shape index (κ2) is 10.3. The number of fused-ring (bicyclic) bond motifs is 2. The van der Waals surface area contributed by atoms with Crippen molar-refractivity contribution in [3.8, 4) is 0 Å². The van der Waals surface area contributed by atoms with E-state index in [1.807, 2.05) is 0 Å². The van der Waals surface area contributed by atoms with Gasteiger partial charge in [-0.15, -0.1) is 0 Å². The van der Waals surface area contributed by atoms with E-state index in [0.29, 0.717) is 6.04 Å². The van der Waals surface area contributed by atoms with Gasteiger partial charge in [0.05, 0.1) is 0 Å². The first-order valence-corrected chi connectivity index (χ1v) is 14.3. The molecule has 1 amide bonds. The van der Waals surface area contributed by atoms with E-state index < -0.39 is 0 Å². The largest absolute Gasteiger partial charge is 0.342 e. The summed E-state index contributed by atoms with van der Waals surface area (Å²) >= 11 is 0. The minimum atomic E-state index is 0.526. The Hall–Kier alpha value is -0.610. The fourth-order valence-electron chi connectivity index (χ4n) is 9.00. The monoisotopic (exact) mass is 443 g/mol. The van der Waals surface area contributed by atoms with Crippen molar-refractivity contribution < 1.29 is 4.79 Å². The van der Waals surface area contributed by atoms with Crippen LogP contribution in [-0.4, -0.2) is 59.5 Å². The lowest BCUT2D eigenvalue weighted by Crippen LogP contribution is -2.58. The van der Waals surface area contributed by atoms with Crippen LogP contribution in [0.3, 0.4) is 0 Å². The molecule has 0 bridgehead atoms. The van der Waals surface area contributed by atoms with Gasteiger partial charge in [-0.3, -0.25) is 9.69 Å². The van der Waals surface area contributed by atoms with Crippen LogP contribution < -0.4 is 5.32 Å². The zero-order valence-corrected chi connectivity index (χ0v) is 20.9. The van der Waals surface area contributed by atoms with Crippen LogP contribution in [0.15, 0.2) is 0 Å². The van der Waals surface area contributed by atoms with E-state index in [1.165, 1.54) is 103 Å². The van der Waals surface area contributed by atoms with Crippen molar-refractivity contribution in [1.82, 2.24) is 15.1 Å². The highest BCUT2D eigenvalue weighted by atomic mass is 16.1.